The van der Waals surface area contributed by atoms with Crippen molar-refractivity contribution in [3.8, 4) is 0 Å². The van der Waals surface area contributed by atoms with Crippen LogP contribution in [0.15, 0.2) is 41.0 Å². The van der Waals surface area contributed by atoms with E-state index in [-0.39, 0.29) is 11.9 Å². The van der Waals surface area contributed by atoms with E-state index in [2.05, 4.69) is 49.9 Å². The van der Waals surface area contributed by atoms with Gasteiger partial charge in [-0.05, 0) is 43.0 Å². The summed E-state index contributed by atoms with van der Waals surface area (Å²) in [6, 6.07) is 10.8. The van der Waals surface area contributed by atoms with Crippen LogP contribution >= 0.6 is 0 Å². The Morgan fingerprint density at radius 3 is 2.72 bits per heavy atom. The van der Waals surface area contributed by atoms with E-state index in [4.69, 9.17) is 4.42 Å². The average molecular weight is 340 g/mol. The molecule has 1 amide bonds. The first kappa shape index (κ1) is 17.6. The third-order valence-electron chi connectivity index (χ3n) is 5.21. The number of nitrogens with zero attached hydrogens (tertiary/aromatic N) is 2. The summed E-state index contributed by atoms with van der Waals surface area (Å²) >= 11 is 0. The van der Waals surface area contributed by atoms with Gasteiger partial charge >= 0.3 is 0 Å². The normalized spacial score (nSPS) is 18.0. The van der Waals surface area contributed by atoms with Gasteiger partial charge < -0.3 is 14.2 Å². The highest BCUT2D eigenvalue weighted by molar-refractivity contribution is 5.95. The fourth-order valence-electron chi connectivity index (χ4n) is 3.55. The number of benzene rings is 1. The first-order valence-electron chi connectivity index (χ1n) is 9.21. The predicted octanol–water partition coefficient (Wildman–Crippen LogP) is 4.45. The highest BCUT2D eigenvalue weighted by atomic mass is 16.3. The van der Waals surface area contributed by atoms with E-state index >= 15 is 0 Å². The Labute approximate surface area is 150 Å². The van der Waals surface area contributed by atoms with Gasteiger partial charge in [0.15, 0.2) is 0 Å². The van der Waals surface area contributed by atoms with E-state index in [0.717, 1.165) is 26.1 Å². The molecule has 1 atom stereocenters. The lowest BCUT2D eigenvalue weighted by atomic mass is 10.0. The Bertz CT molecular complexity index is 735. The van der Waals surface area contributed by atoms with Crippen molar-refractivity contribution in [3.05, 3.63) is 53.5 Å². The predicted molar refractivity (Wildman–Crippen MR) is 101 cm³/mol. The molecule has 25 heavy (non-hydrogen) atoms. The minimum atomic E-state index is 0.0914. The first-order chi connectivity index (χ1) is 12.0. The van der Waals surface area contributed by atoms with Crippen LogP contribution in [-0.2, 0) is 0 Å². The first-order valence-corrected chi connectivity index (χ1v) is 9.21. The van der Waals surface area contributed by atoms with E-state index in [0.29, 0.717) is 17.2 Å². The van der Waals surface area contributed by atoms with Gasteiger partial charge in [0.05, 0.1) is 11.8 Å². The minimum Gasteiger partial charge on any atom is -0.469 e. The zero-order chi connectivity index (χ0) is 18.0. The highest BCUT2D eigenvalue weighted by Crippen LogP contribution is 2.26. The van der Waals surface area contributed by atoms with Gasteiger partial charge in [-0.25, -0.2) is 0 Å². The van der Waals surface area contributed by atoms with Crippen molar-refractivity contribution in [2.45, 2.75) is 46.1 Å². The maximum Gasteiger partial charge on any atom is 0.257 e. The maximum absolute atomic E-state index is 12.9. The molecule has 1 aliphatic heterocycles. The number of aryl methyl sites for hydroxylation is 1. The zero-order valence-corrected chi connectivity index (χ0v) is 15.7. The van der Waals surface area contributed by atoms with Crippen molar-refractivity contribution in [1.82, 2.24) is 4.90 Å². The van der Waals surface area contributed by atoms with Gasteiger partial charge in [-0.1, -0.05) is 32.9 Å². The molecular formula is C21H28N2O2. The number of rotatable bonds is 4. The van der Waals surface area contributed by atoms with Gasteiger partial charge in [-0.2, -0.15) is 0 Å². The van der Waals surface area contributed by atoms with Crippen molar-refractivity contribution in [2.75, 3.05) is 24.5 Å². The lowest BCUT2D eigenvalue weighted by molar-refractivity contribution is 0.0650. The van der Waals surface area contributed by atoms with Crippen molar-refractivity contribution < 1.29 is 9.21 Å². The summed E-state index contributed by atoms with van der Waals surface area (Å²) in [7, 11) is 0. The minimum absolute atomic E-state index is 0.0914. The largest absolute Gasteiger partial charge is 0.469 e. The molecule has 1 aliphatic rings. The van der Waals surface area contributed by atoms with Gasteiger partial charge in [0.25, 0.3) is 5.91 Å². The number of furan rings is 1. The summed E-state index contributed by atoms with van der Waals surface area (Å²) in [5.74, 6) is 1.31. The van der Waals surface area contributed by atoms with Crippen LogP contribution < -0.4 is 4.90 Å². The molecule has 1 fully saturated rings. The fourth-order valence-corrected chi connectivity index (χ4v) is 3.55. The van der Waals surface area contributed by atoms with Crippen LogP contribution in [0.4, 0.5) is 5.69 Å². The van der Waals surface area contributed by atoms with Crippen LogP contribution in [-0.4, -0.2) is 36.5 Å². The monoisotopic (exact) mass is 340 g/mol. The zero-order valence-electron chi connectivity index (χ0n) is 15.7. The molecular weight excluding hydrogens is 312 g/mol. The van der Waals surface area contributed by atoms with Crippen molar-refractivity contribution in [1.29, 1.82) is 0 Å². The molecule has 0 spiro atoms. The Kier molecular flexibility index (Phi) is 5.16. The Balaban J connectivity index is 1.77. The van der Waals surface area contributed by atoms with Crippen molar-refractivity contribution >= 4 is 11.6 Å². The highest BCUT2D eigenvalue weighted by Gasteiger charge is 2.31. The second-order valence-corrected chi connectivity index (χ2v) is 7.15. The third kappa shape index (κ3) is 3.58. The van der Waals surface area contributed by atoms with Crippen LogP contribution in [0.5, 0.6) is 0 Å². The number of amides is 1. The van der Waals surface area contributed by atoms with E-state index in [1.54, 1.807) is 12.3 Å². The Morgan fingerprint density at radius 2 is 2.08 bits per heavy atom. The van der Waals surface area contributed by atoms with E-state index in [9.17, 15) is 4.79 Å². The number of carbonyl (C=O) groups excluding carboxylic acids is 1. The summed E-state index contributed by atoms with van der Waals surface area (Å²) in [4.78, 5) is 17.3. The van der Waals surface area contributed by atoms with Gasteiger partial charge in [0.1, 0.15) is 5.76 Å². The molecule has 3 rings (SSSR count). The average Bonchev–Trinajstić information content (AvgIpc) is 3.06. The fraction of sp³-hybridized carbons (Fsp3) is 0.476. The summed E-state index contributed by atoms with van der Waals surface area (Å²) in [6.07, 6.45) is 2.54. The molecule has 0 radical (unpaired) electrons. The quantitative estimate of drug-likeness (QED) is 0.825. The molecule has 0 N–H and O–H groups in total. The number of hydrogen-bond acceptors (Lipinski definition) is 3. The van der Waals surface area contributed by atoms with Crippen molar-refractivity contribution in [2.24, 2.45) is 0 Å². The Morgan fingerprint density at radius 1 is 1.28 bits per heavy atom. The summed E-state index contributed by atoms with van der Waals surface area (Å²) in [5, 5.41) is 0. The molecule has 0 unspecified atom stereocenters. The molecule has 0 aliphatic carbocycles. The Hall–Kier alpha value is -2.23. The number of anilines is 1. The summed E-state index contributed by atoms with van der Waals surface area (Å²) in [6.45, 7) is 10.9. The van der Waals surface area contributed by atoms with Crippen LogP contribution in [0.1, 0.15) is 54.8 Å². The molecule has 0 bridgehead atoms. The number of piperazine rings is 1. The molecule has 134 valence electrons. The lowest BCUT2D eigenvalue weighted by Crippen LogP contribution is -2.55. The number of hydrogen-bond donors (Lipinski definition) is 0. The van der Waals surface area contributed by atoms with Crippen molar-refractivity contribution in [3.63, 3.8) is 0 Å². The second kappa shape index (κ2) is 7.34. The smallest absolute Gasteiger partial charge is 0.257 e. The van der Waals surface area contributed by atoms with Crippen LogP contribution in [0.2, 0.25) is 0 Å². The van der Waals surface area contributed by atoms with Crippen LogP contribution in [0, 0.1) is 6.92 Å². The molecule has 1 saturated heterocycles. The van der Waals surface area contributed by atoms with Gasteiger partial charge in [-0.15, -0.1) is 0 Å². The standard InChI is InChI=1S/C21H28N2O2/c1-5-18-14-22(19-8-6-7-17(13-19)15(2)3)10-11-23(18)21(24)20-9-12-25-16(20)4/h6-9,12-13,15,18H,5,10-11,14H2,1-4H3/t18-/m1/s1. The number of carbonyl (C=O) groups is 1. The van der Waals surface area contributed by atoms with Gasteiger partial charge in [-0.3, -0.25) is 4.79 Å². The maximum atomic E-state index is 12.9. The molecule has 4 nitrogen and oxygen atoms in total. The van der Waals surface area contributed by atoms with Crippen LogP contribution in [0.25, 0.3) is 0 Å². The second-order valence-electron chi connectivity index (χ2n) is 7.15. The molecule has 0 saturated carbocycles. The topological polar surface area (TPSA) is 36.7 Å². The molecule has 1 aromatic carbocycles. The van der Waals surface area contributed by atoms with E-state index in [1.165, 1.54) is 11.3 Å². The SMILES string of the molecule is CC[C@@H]1CN(c2cccc(C(C)C)c2)CCN1C(=O)c1ccoc1C. The van der Waals surface area contributed by atoms with E-state index in [1.807, 2.05) is 11.8 Å². The van der Waals surface area contributed by atoms with Gasteiger partial charge in [0, 0.05) is 31.4 Å². The summed E-state index contributed by atoms with van der Waals surface area (Å²) < 4.78 is 5.31. The summed E-state index contributed by atoms with van der Waals surface area (Å²) in [5.41, 5.74) is 3.31. The van der Waals surface area contributed by atoms with Crippen LogP contribution in [0.3, 0.4) is 0 Å². The van der Waals surface area contributed by atoms with E-state index < -0.39 is 0 Å². The molecule has 2 aromatic rings. The third-order valence-corrected chi connectivity index (χ3v) is 5.21. The molecule has 1 aromatic heterocycles. The molecule has 2 heterocycles. The lowest BCUT2D eigenvalue weighted by Gasteiger charge is -2.42. The van der Waals surface area contributed by atoms with Gasteiger partial charge in [0.2, 0.25) is 0 Å². The molecule has 4 heteroatoms.